The first-order valence-corrected chi connectivity index (χ1v) is 5.82. The third-order valence-electron chi connectivity index (χ3n) is 3.10. The molecule has 3 rings (SSSR count). The summed E-state index contributed by atoms with van der Waals surface area (Å²) in [5, 5.41) is 12.3. The van der Waals surface area contributed by atoms with Gasteiger partial charge in [-0.2, -0.15) is 0 Å². The molecule has 18 heavy (non-hydrogen) atoms. The van der Waals surface area contributed by atoms with Gasteiger partial charge in [0.25, 0.3) is 0 Å². The fourth-order valence-corrected chi connectivity index (χ4v) is 2.24. The number of nitrogen functional groups attached to an aromatic ring is 1. The van der Waals surface area contributed by atoms with Crippen molar-refractivity contribution in [3.8, 4) is 16.9 Å². The quantitative estimate of drug-likeness (QED) is 0.630. The van der Waals surface area contributed by atoms with E-state index in [1.54, 1.807) is 12.1 Å². The van der Waals surface area contributed by atoms with E-state index in [1.165, 1.54) is 0 Å². The Hall–Kier alpha value is -2.48. The minimum Gasteiger partial charge on any atom is -0.507 e. The molecule has 0 amide bonds. The van der Waals surface area contributed by atoms with E-state index in [1.807, 2.05) is 30.3 Å². The molecule has 0 heterocycles. The molecule has 0 aliphatic rings. The van der Waals surface area contributed by atoms with Crippen LogP contribution in [0.4, 0.5) is 5.69 Å². The van der Waals surface area contributed by atoms with Crippen LogP contribution in [0, 0.1) is 0 Å². The Morgan fingerprint density at radius 1 is 0.778 bits per heavy atom. The Labute approximate surface area is 105 Å². The lowest BCUT2D eigenvalue weighted by Crippen LogP contribution is -1.86. The van der Waals surface area contributed by atoms with Crippen molar-refractivity contribution in [2.45, 2.75) is 0 Å². The van der Waals surface area contributed by atoms with Gasteiger partial charge in [0.2, 0.25) is 0 Å². The molecule has 0 radical (unpaired) electrons. The van der Waals surface area contributed by atoms with Gasteiger partial charge < -0.3 is 10.8 Å². The molecule has 0 atom stereocenters. The predicted octanol–water partition coefficient (Wildman–Crippen LogP) is 3.79. The van der Waals surface area contributed by atoms with Crippen molar-refractivity contribution >= 4 is 16.5 Å². The van der Waals surface area contributed by atoms with Gasteiger partial charge in [-0.05, 0) is 28.5 Å². The summed E-state index contributed by atoms with van der Waals surface area (Å²) in [7, 11) is 0. The maximum absolute atomic E-state index is 10.0. The number of phenolic OH excluding ortho intramolecular Hbond substituents is 1. The lowest BCUT2D eigenvalue weighted by Gasteiger charge is -2.09. The number of aromatic hydroxyl groups is 1. The second kappa shape index (κ2) is 4.08. The average Bonchev–Trinajstić information content (AvgIpc) is 2.38. The van der Waals surface area contributed by atoms with Crippen LogP contribution in [-0.2, 0) is 0 Å². The highest BCUT2D eigenvalue weighted by Gasteiger charge is 2.07. The number of fused-ring (bicyclic) bond motifs is 1. The topological polar surface area (TPSA) is 46.2 Å². The second-order valence-corrected chi connectivity index (χ2v) is 4.30. The van der Waals surface area contributed by atoms with Crippen molar-refractivity contribution in [2.24, 2.45) is 0 Å². The molecule has 0 saturated carbocycles. The highest BCUT2D eigenvalue weighted by Crippen LogP contribution is 2.35. The fourth-order valence-electron chi connectivity index (χ4n) is 2.24. The number of nitrogens with two attached hydrogens (primary N) is 1. The molecule has 0 fully saturated rings. The summed E-state index contributed by atoms with van der Waals surface area (Å²) in [6.45, 7) is 0. The van der Waals surface area contributed by atoms with Gasteiger partial charge in [0.1, 0.15) is 5.75 Å². The Morgan fingerprint density at radius 2 is 1.56 bits per heavy atom. The third-order valence-corrected chi connectivity index (χ3v) is 3.10. The fraction of sp³-hybridized carbons (Fsp3) is 0. The highest BCUT2D eigenvalue weighted by atomic mass is 16.3. The summed E-state index contributed by atoms with van der Waals surface area (Å²) in [5.41, 5.74) is 8.05. The van der Waals surface area contributed by atoms with Gasteiger partial charge in [0, 0.05) is 17.3 Å². The number of hydrogen-bond acceptors (Lipinski definition) is 2. The normalized spacial score (nSPS) is 10.7. The lowest BCUT2D eigenvalue weighted by molar-refractivity contribution is 0.478. The van der Waals surface area contributed by atoms with E-state index in [-0.39, 0.29) is 5.75 Å². The molecule has 88 valence electrons. The van der Waals surface area contributed by atoms with Gasteiger partial charge in [-0.15, -0.1) is 0 Å². The molecule has 3 aromatic carbocycles. The minimum atomic E-state index is 0.214. The Morgan fingerprint density at radius 3 is 2.39 bits per heavy atom. The van der Waals surface area contributed by atoms with Crippen molar-refractivity contribution < 1.29 is 5.11 Å². The van der Waals surface area contributed by atoms with E-state index in [2.05, 4.69) is 18.2 Å². The molecule has 2 nitrogen and oxygen atoms in total. The van der Waals surface area contributed by atoms with Gasteiger partial charge in [0.15, 0.2) is 0 Å². The van der Waals surface area contributed by atoms with Crippen molar-refractivity contribution in [2.75, 3.05) is 5.73 Å². The minimum absolute atomic E-state index is 0.214. The predicted molar refractivity (Wildman–Crippen MR) is 75.5 cm³/mol. The number of hydrogen-bond donors (Lipinski definition) is 2. The van der Waals surface area contributed by atoms with Crippen LogP contribution in [0.5, 0.6) is 5.75 Å². The van der Waals surface area contributed by atoms with Gasteiger partial charge in [-0.25, -0.2) is 0 Å². The molecule has 0 aromatic heterocycles. The van der Waals surface area contributed by atoms with E-state index in [0.717, 1.165) is 21.9 Å². The molecule has 0 unspecified atom stereocenters. The first-order chi connectivity index (χ1) is 8.75. The number of anilines is 1. The molecule has 3 aromatic rings. The summed E-state index contributed by atoms with van der Waals surface area (Å²) >= 11 is 0. The molecular weight excluding hydrogens is 222 g/mol. The Balaban J connectivity index is 2.31. The zero-order chi connectivity index (χ0) is 12.5. The van der Waals surface area contributed by atoms with Crippen molar-refractivity contribution in [3.63, 3.8) is 0 Å². The third kappa shape index (κ3) is 1.68. The van der Waals surface area contributed by atoms with E-state index in [0.29, 0.717) is 5.69 Å². The van der Waals surface area contributed by atoms with Gasteiger partial charge >= 0.3 is 0 Å². The summed E-state index contributed by atoms with van der Waals surface area (Å²) in [6, 6.07) is 19.4. The highest BCUT2D eigenvalue weighted by molar-refractivity contribution is 5.98. The summed E-state index contributed by atoms with van der Waals surface area (Å²) in [6.07, 6.45) is 0. The Kier molecular flexibility index (Phi) is 2.41. The molecule has 0 spiro atoms. The second-order valence-electron chi connectivity index (χ2n) is 4.30. The summed E-state index contributed by atoms with van der Waals surface area (Å²) in [4.78, 5) is 0. The van der Waals surface area contributed by atoms with Gasteiger partial charge in [0.05, 0.1) is 0 Å². The monoisotopic (exact) mass is 235 g/mol. The van der Waals surface area contributed by atoms with Crippen molar-refractivity contribution in [1.82, 2.24) is 0 Å². The maximum Gasteiger partial charge on any atom is 0.125 e. The first-order valence-electron chi connectivity index (χ1n) is 5.82. The van der Waals surface area contributed by atoms with E-state index < -0.39 is 0 Å². The summed E-state index contributed by atoms with van der Waals surface area (Å²) < 4.78 is 0. The van der Waals surface area contributed by atoms with Crippen molar-refractivity contribution in [1.29, 1.82) is 0 Å². The average molecular weight is 235 g/mol. The smallest absolute Gasteiger partial charge is 0.125 e. The van der Waals surface area contributed by atoms with Crippen LogP contribution in [0.15, 0.2) is 60.7 Å². The maximum atomic E-state index is 10.0. The SMILES string of the molecule is Nc1ccc(-c2cccc3ccccc23)c(O)c1. The zero-order valence-corrected chi connectivity index (χ0v) is 9.80. The van der Waals surface area contributed by atoms with Crippen LogP contribution < -0.4 is 5.73 Å². The van der Waals surface area contributed by atoms with Gasteiger partial charge in [-0.3, -0.25) is 0 Å². The van der Waals surface area contributed by atoms with Crippen LogP contribution in [0.3, 0.4) is 0 Å². The molecule has 0 aliphatic carbocycles. The molecular formula is C16H13NO. The molecule has 0 saturated heterocycles. The van der Waals surface area contributed by atoms with E-state index >= 15 is 0 Å². The molecule has 0 bridgehead atoms. The molecule has 2 heteroatoms. The first kappa shape index (κ1) is 10.7. The number of benzene rings is 3. The van der Waals surface area contributed by atoms with Crippen LogP contribution in [0.25, 0.3) is 21.9 Å². The van der Waals surface area contributed by atoms with E-state index in [9.17, 15) is 5.11 Å². The van der Waals surface area contributed by atoms with Crippen LogP contribution >= 0.6 is 0 Å². The number of rotatable bonds is 1. The Bertz CT molecular complexity index is 714. The zero-order valence-electron chi connectivity index (χ0n) is 9.80. The largest absolute Gasteiger partial charge is 0.507 e. The van der Waals surface area contributed by atoms with Crippen LogP contribution in [0.1, 0.15) is 0 Å². The van der Waals surface area contributed by atoms with Crippen LogP contribution in [-0.4, -0.2) is 5.11 Å². The standard InChI is InChI=1S/C16H13NO/c17-12-8-9-15(16(18)10-12)14-7-3-5-11-4-1-2-6-13(11)14/h1-10,18H,17H2. The van der Waals surface area contributed by atoms with Crippen molar-refractivity contribution in [3.05, 3.63) is 60.7 Å². The molecule has 0 aliphatic heterocycles. The molecule has 3 N–H and O–H groups in total. The van der Waals surface area contributed by atoms with E-state index in [4.69, 9.17) is 5.73 Å². The van der Waals surface area contributed by atoms with Crippen LogP contribution in [0.2, 0.25) is 0 Å². The lowest BCUT2D eigenvalue weighted by atomic mass is 9.97. The van der Waals surface area contributed by atoms with Gasteiger partial charge in [-0.1, -0.05) is 42.5 Å². The number of phenols is 1. The summed E-state index contributed by atoms with van der Waals surface area (Å²) in [5.74, 6) is 0.214.